The second kappa shape index (κ2) is 14.2. The zero-order valence-electron chi connectivity index (χ0n) is 26.3. The van der Waals surface area contributed by atoms with E-state index in [4.69, 9.17) is 18.7 Å². The van der Waals surface area contributed by atoms with Crippen LogP contribution in [-0.2, 0) is 22.4 Å². The van der Waals surface area contributed by atoms with E-state index in [2.05, 4.69) is 26.1 Å². The van der Waals surface area contributed by atoms with Crippen LogP contribution in [0.1, 0.15) is 62.5 Å². The summed E-state index contributed by atoms with van der Waals surface area (Å²) in [6.45, 7) is 7.43. The number of hydrogen-bond acceptors (Lipinski definition) is 10. The summed E-state index contributed by atoms with van der Waals surface area (Å²) in [4.78, 5) is 43.6. The number of carbonyl (C=O) groups is 2. The number of aryl methyl sites for hydroxylation is 2. The van der Waals surface area contributed by atoms with Crippen molar-refractivity contribution in [3.05, 3.63) is 57.3 Å². The number of hydrogen-bond donors (Lipinski definition) is 3. The quantitative estimate of drug-likeness (QED) is 0.277. The molecule has 0 saturated heterocycles. The Balaban J connectivity index is 1.77. The third-order valence-electron chi connectivity index (χ3n) is 7.93. The van der Waals surface area contributed by atoms with Crippen molar-refractivity contribution in [1.82, 2.24) is 20.8 Å². The molecule has 0 unspecified atom stereocenters. The number of ether oxygens (including phenoxy) is 3. The van der Waals surface area contributed by atoms with Gasteiger partial charge in [-0.1, -0.05) is 31.5 Å². The van der Waals surface area contributed by atoms with Crippen molar-refractivity contribution >= 4 is 17.5 Å². The molecular weight excluding hydrogens is 566 g/mol. The minimum atomic E-state index is -0.684. The highest BCUT2D eigenvalue weighted by atomic mass is 16.5. The number of benzene rings is 1. The molecule has 236 valence electrons. The molecule has 44 heavy (non-hydrogen) atoms. The Morgan fingerprint density at radius 3 is 2.48 bits per heavy atom. The molecule has 0 saturated carbocycles. The SMILES string of the molecule is CC[C@@H](C)[C@H](Nc1ccc2c(cc1=O)[C@@H](NC(C)=O)CCc1cc(OC)c(OC)c(OC)c1-2)C(=O)NCCc1nc(C)no1. The molecule has 2 aromatic carbocycles. The number of nitrogens with zero attached hydrogens (tertiary/aromatic N) is 2. The van der Waals surface area contributed by atoms with Crippen LogP contribution >= 0.6 is 0 Å². The summed E-state index contributed by atoms with van der Waals surface area (Å²) in [5.41, 5.74) is 2.97. The molecule has 4 rings (SSSR count). The summed E-state index contributed by atoms with van der Waals surface area (Å²) >= 11 is 0. The molecule has 1 heterocycles. The van der Waals surface area contributed by atoms with Crippen molar-refractivity contribution in [3.8, 4) is 28.4 Å². The fraction of sp³-hybridized carbons (Fsp3) is 0.469. The zero-order valence-corrected chi connectivity index (χ0v) is 26.3. The summed E-state index contributed by atoms with van der Waals surface area (Å²) in [5, 5.41) is 12.9. The first kappa shape index (κ1) is 32.3. The van der Waals surface area contributed by atoms with Gasteiger partial charge >= 0.3 is 0 Å². The van der Waals surface area contributed by atoms with E-state index in [1.54, 1.807) is 27.2 Å². The van der Waals surface area contributed by atoms with Crippen LogP contribution in [0.15, 0.2) is 33.6 Å². The number of carbonyl (C=O) groups excluding carboxylic acids is 2. The number of amides is 2. The van der Waals surface area contributed by atoms with Gasteiger partial charge in [0.1, 0.15) is 6.04 Å². The molecule has 0 fully saturated rings. The summed E-state index contributed by atoms with van der Waals surface area (Å²) in [6.07, 6.45) is 2.23. The summed E-state index contributed by atoms with van der Waals surface area (Å²) in [5.74, 6) is 1.83. The van der Waals surface area contributed by atoms with Crippen LogP contribution in [0.3, 0.4) is 0 Å². The Morgan fingerprint density at radius 1 is 1.11 bits per heavy atom. The summed E-state index contributed by atoms with van der Waals surface area (Å²) in [6, 6.07) is 5.83. The monoisotopic (exact) mass is 607 g/mol. The van der Waals surface area contributed by atoms with E-state index in [-0.39, 0.29) is 28.8 Å². The fourth-order valence-electron chi connectivity index (χ4n) is 5.54. The van der Waals surface area contributed by atoms with Gasteiger partial charge in [-0.05, 0) is 60.6 Å². The first-order valence-electron chi connectivity index (χ1n) is 14.7. The van der Waals surface area contributed by atoms with Gasteiger partial charge in [0.15, 0.2) is 17.3 Å². The maximum absolute atomic E-state index is 13.8. The molecule has 1 aliphatic rings. The van der Waals surface area contributed by atoms with E-state index in [1.807, 2.05) is 26.0 Å². The van der Waals surface area contributed by atoms with Gasteiger partial charge in [0, 0.05) is 25.5 Å². The Kier molecular flexibility index (Phi) is 10.5. The Labute approximate surface area is 256 Å². The van der Waals surface area contributed by atoms with E-state index < -0.39 is 12.1 Å². The van der Waals surface area contributed by atoms with Gasteiger partial charge in [-0.3, -0.25) is 14.4 Å². The number of aromatic nitrogens is 2. The van der Waals surface area contributed by atoms with Crippen LogP contribution < -0.4 is 35.6 Å². The van der Waals surface area contributed by atoms with Gasteiger partial charge in [-0.25, -0.2) is 0 Å². The number of rotatable bonds is 12. The largest absolute Gasteiger partial charge is 0.493 e. The summed E-state index contributed by atoms with van der Waals surface area (Å²) < 4.78 is 22.3. The van der Waals surface area contributed by atoms with Crippen LogP contribution in [0.4, 0.5) is 5.69 Å². The molecule has 2 amide bonds. The first-order chi connectivity index (χ1) is 21.1. The van der Waals surface area contributed by atoms with Crippen molar-refractivity contribution < 1.29 is 28.3 Å². The standard InChI is InChI=1S/C32H41N5O7/c1-8-17(2)29(32(40)33-14-13-27-34-18(3)37-44-27)36-24-12-10-21-22(16-25(24)39)23(35-19(4)38)11-9-20-15-26(41-5)30(42-6)31(43-7)28(20)21/h10,12,15-17,23,29H,8-9,11,13-14H2,1-7H3,(H,33,40)(H,35,38)(H,36,39)/t17-,23+,29+/m1/s1. The van der Waals surface area contributed by atoms with E-state index in [1.165, 1.54) is 20.1 Å². The van der Waals surface area contributed by atoms with E-state index in [0.717, 1.165) is 11.1 Å². The lowest BCUT2D eigenvalue weighted by Crippen LogP contribution is -2.45. The zero-order chi connectivity index (χ0) is 32.0. The maximum Gasteiger partial charge on any atom is 0.242 e. The van der Waals surface area contributed by atoms with E-state index in [9.17, 15) is 14.4 Å². The van der Waals surface area contributed by atoms with Crippen LogP contribution in [-0.4, -0.2) is 55.9 Å². The Morgan fingerprint density at radius 2 is 1.86 bits per heavy atom. The number of anilines is 1. The summed E-state index contributed by atoms with van der Waals surface area (Å²) in [7, 11) is 4.65. The van der Waals surface area contributed by atoms with Crippen LogP contribution in [0, 0.1) is 12.8 Å². The average Bonchev–Trinajstić information content (AvgIpc) is 3.28. The first-order valence-corrected chi connectivity index (χ1v) is 14.7. The molecule has 0 aliphatic heterocycles. The van der Waals surface area contributed by atoms with Crippen LogP contribution in [0.25, 0.3) is 11.1 Å². The fourth-order valence-corrected chi connectivity index (χ4v) is 5.54. The molecule has 3 aromatic rings. The lowest BCUT2D eigenvalue weighted by atomic mass is 9.95. The smallest absolute Gasteiger partial charge is 0.242 e. The second-order valence-electron chi connectivity index (χ2n) is 10.9. The van der Waals surface area contributed by atoms with Gasteiger partial charge in [-0.15, -0.1) is 0 Å². The van der Waals surface area contributed by atoms with Crippen LogP contribution in [0.5, 0.6) is 17.2 Å². The van der Waals surface area contributed by atoms with Gasteiger partial charge in [0.05, 0.1) is 33.1 Å². The number of methoxy groups -OCH3 is 3. The highest BCUT2D eigenvalue weighted by Crippen LogP contribution is 2.50. The third-order valence-corrected chi connectivity index (χ3v) is 7.93. The molecule has 3 atom stereocenters. The maximum atomic E-state index is 13.8. The van der Waals surface area contributed by atoms with Gasteiger partial charge < -0.3 is 34.7 Å². The molecule has 0 bridgehead atoms. The molecule has 1 aliphatic carbocycles. The van der Waals surface area contributed by atoms with Gasteiger partial charge in [0.25, 0.3) is 0 Å². The predicted octanol–water partition coefficient (Wildman–Crippen LogP) is 3.74. The topological polar surface area (TPSA) is 154 Å². The molecule has 12 heteroatoms. The van der Waals surface area contributed by atoms with Crippen molar-refractivity contribution in [1.29, 1.82) is 0 Å². The lowest BCUT2D eigenvalue weighted by Gasteiger charge is -2.24. The van der Waals surface area contributed by atoms with E-state index >= 15 is 0 Å². The van der Waals surface area contributed by atoms with E-state index in [0.29, 0.717) is 72.3 Å². The molecule has 12 nitrogen and oxygen atoms in total. The molecule has 0 spiro atoms. The van der Waals surface area contributed by atoms with Gasteiger partial charge in [0.2, 0.25) is 28.9 Å². The number of fused-ring (bicyclic) bond motifs is 3. The average molecular weight is 608 g/mol. The minimum Gasteiger partial charge on any atom is -0.493 e. The normalized spacial score (nSPS) is 15.1. The number of nitrogens with one attached hydrogen (secondary N) is 3. The molecule has 0 radical (unpaired) electrons. The highest BCUT2D eigenvalue weighted by Gasteiger charge is 2.30. The molecule has 1 aromatic heterocycles. The lowest BCUT2D eigenvalue weighted by molar-refractivity contribution is -0.123. The van der Waals surface area contributed by atoms with Crippen molar-refractivity contribution in [2.45, 2.75) is 65.5 Å². The Hall–Kier alpha value is -4.61. The Bertz CT molecular complexity index is 1570. The van der Waals surface area contributed by atoms with Crippen LogP contribution in [0.2, 0.25) is 0 Å². The molecular formula is C32H41N5O7. The van der Waals surface area contributed by atoms with Crippen molar-refractivity contribution in [3.63, 3.8) is 0 Å². The van der Waals surface area contributed by atoms with Crippen molar-refractivity contribution in [2.75, 3.05) is 33.2 Å². The predicted molar refractivity (Wildman–Crippen MR) is 165 cm³/mol. The highest BCUT2D eigenvalue weighted by molar-refractivity contribution is 5.86. The van der Waals surface area contributed by atoms with Crippen molar-refractivity contribution in [2.24, 2.45) is 5.92 Å². The second-order valence-corrected chi connectivity index (χ2v) is 10.9. The van der Waals surface area contributed by atoms with Gasteiger partial charge in [-0.2, -0.15) is 4.98 Å². The molecule has 3 N–H and O–H groups in total. The third kappa shape index (κ3) is 6.95. The minimum absolute atomic E-state index is 0.0898.